The smallest absolute Gasteiger partial charge is 0.161 e. The normalized spacial score (nSPS) is 12.7. The summed E-state index contributed by atoms with van der Waals surface area (Å²) < 4.78 is 0. The Hall–Kier alpha value is -3.47. The van der Waals surface area contributed by atoms with Crippen LogP contribution in [0.2, 0.25) is 0 Å². The Morgan fingerprint density at radius 3 is 2.47 bits per heavy atom. The van der Waals surface area contributed by atoms with Crippen LogP contribution < -0.4 is 5.32 Å². The molecule has 0 aliphatic rings. The standard InChI is InChI=1S/C27H35N5/c1-10-20(18-32(8)9)21-12-11-13-22(15-21)25-29-17-24(23(16-28-7)14-19(2)3)26(30-25)31-27(4,5)6/h10-18H,1-2H2,3-9H3,(H,29,30,31)/b20-18+,23-14+,28-16-. The predicted octanol–water partition coefficient (Wildman–Crippen LogP) is 6.10. The van der Waals surface area contributed by atoms with E-state index in [-0.39, 0.29) is 5.54 Å². The fourth-order valence-corrected chi connectivity index (χ4v) is 3.13. The fraction of sp³-hybridized carbons (Fsp3) is 0.296. The number of rotatable bonds is 8. The lowest BCUT2D eigenvalue weighted by Gasteiger charge is -2.24. The van der Waals surface area contributed by atoms with Crippen LogP contribution >= 0.6 is 0 Å². The zero-order chi connectivity index (χ0) is 23.9. The molecule has 1 aromatic carbocycles. The Morgan fingerprint density at radius 1 is 1.19 bits per heavy atom. The highest BCUT2D eigenvalue weighted by Gasteiger charge is 2.17. The minimum Gasteiger partial charge on any atom is -0.383 e. The molecule has 2 aromatic rings. The van der Waals surface area contributed by atoms with Crippen LogP contribution in [0, 0.1) is 0 Å². The number of allylic oxidation sites excluding steroid dienone is 5. The van der Waals surface area contributed by atoms with Crippen molar-refractivity contribution in [3.8, 4) is 11.4 Å². The van der Waals surface area contributed by atoms with Crippen molar-refractivity contribution < 1.29 is 0 Å². The summed E-state index contributed by atoms with van der Waals surface area (Å²) in [5.74, 6) is 1.41. The molecule has 0 spiro atoms. The Morgan fingerprint density at radius 2 is 1.91 bits per heavy atom. The summed E-state index contributed by atoms with van der Waals surface area (Å²) >= 11 is 0. The van der Waals surface area contributed by atoms with Gasteiger partial charge in [0.1, 0.15) is 5.82 Å². The zero-order valence-corrected chi connectivity index (χ0v) is 20.4. The number of aliphatic imine (C=N–C) groups is 1. The molecule has 0 saturated carbocycles. The summed E-state index contributed by atoms with van der Waals surface area (Å²) in [6, 6.07) is 8.19. The van der Waals surface area contributed by atoms with Gasteiger partial charge in [0.15, 0.2) is 5.82 Å². The number of nitrogens with zero attached hydrogens (tertiary/aromatic N) is 4. The first-order chi connectivity index (χ1) is 15.0. The maximum atomic E-state index is 4.92. The summed E-state index contributed by atoms with van der Waals surface area (Å²) in [4.78, 5) is 15.8. The van der Waals surface area contributed by atoms with E-state index in [1.807, 2.05) is 68.8 Å². The molecule has 0 bridgehead atoms. The van der Waals surface area contributed by atoms with Crippen LogP contribution in [0.5, 0.6) is 0 Å². The fourth-order valence-electron chi connectivity index (χ4n) is 3.13. The van der Waals surface area contributed by atoms with Crippen LogP contribution in [0.25, 0.3) is 22.5 Å². The van der Waals surface area contributed by atoms with Gasteiger partial charge in [0.25, 0.3) is 0 Å². The van der Waals surface area contributed by atoms with E-state index in [9.17, 15) is 0 Å². The second kappa shape index (κ2) is 10.7. The second-order valence-electron chi connectivity index (χ2n) is 9.00. The quantitative estimate of drug-likeness (QED) is 0.407. The molecule has 1 aromatic heterocycles. The molecule has 2 rings (SSSR count). The van der Waals surface area contributed by atoms with Gasteiger partial charge in [-0.15, -0.1) is 0 Å². The maximum Gasteiger partial charge on any atom is 0.161 e. The summed E-state index contributed by atoms with van der Waals surface area (Å²) in [5, 5.41) is 3.53. The van der Waals surface area contributed by atoms with Gasteiger partial charge in [0, 0.05) is 62.0 Å². The molecule has 0 fully saturated rings. The van der Waals surface area contributed by atoms with Crippen LogP contribution in [0.3, 0.4) is 0 Å². The van der Waals surface area contributed by atoms with Crippen LogP contribution in [0.1, 0.15) is 38.8 Å². The van der Waals surface area contributed by atoms with Crippen molar-refractivity contribution in [1.29, 1.82) is 0 Å². The summed E-state index contributed by atoms with van der Waals surface area (Å²) in [6.07, 6.45) is 9.55. The molecule has 5 nitrogen and oxygen atoms in total. The van der Waals surface area contributed by atoms with Crippen LogP contribution in [0.4, 0.5) is 5.82 Å². The molecule has 5 heteroatoms. The van der Waals surface area contributed by atoms with E-state index in [1.54, 1.807) is 7.05 Å². The van der Waals surface area contributed by atoms with Crippen molar-refractivity contribution in [1.82, 2.24) is 14.9 Å². The lowest BCUT2D eigenvalue weighted by Crippen LogP contribution is -2.27. The monoisotopic (exact) mass is 429 g/mol. The van der Waals surface area contributed by atoms with Crippen molar-refractivity contribution in [2.24, 2.45) is 4.99 Å². The van der Waals surface area contributed by atoms with Gasteiger partial charge in [-0.05, 0) is 44.9 Å². The van der Waals surface area contributed by atoms with Gasteiger partial charge in [-0.1, -0.05) is 49.1 Å². The van der Waals surface area contributed by atoms with Gasteiger partial charge in [0.05, 0.1) is 0 Å². The third kappa shape index (κ3) is 7.05. The molecule has 0 aliphatic carbocycles. The second-order valence-corrected chi connectivity index (χ2v) is 9.00. The third-order valence-electron chi connectivity index (χ3n) is 4.33. The largest absolute Gasteiger partial charge is 0.383 e. The highest BCUT2D eigenvalue weighted by molar-refractivity contribution is 6.12. The molecule has 0 unspecified atom stereocenters. The number of anilines is 1. The first kappa shape index (κ1) is 24.8. The topological polar surface area (TPSA) is 53.4 Å². The van der Waals surface area contributed by atoms with E-state index in [1.165, 1.54) is 0 Å². The predicted molar refractivity (Wildman–Crippen MR) is 140 cm³/mol. The van der Waals surface area contributed by atoms with E-state index < -0.39 is 0 Å². The molecule has 0 radical (unpaired) electrons. The maximum absolute atomic E-state index is 4.92. The summed E-state index contributed by atoms with van der Waals surface area (Å²) in [6.45, 7) is 16.3. The number of benzene rings is 1. The lowest BCUT2D eigenvalue weighted by molar-refractivity contribution is 0.566. The van der Waals surface area contributed by atoms with Gasteiger partial charge in [-0.2, -0.15) is 0 Å². The summed E-state index contributed by atoms with van der Waals surface area (Å²) in [5.41, 5.74) is 5.58. The average molecular weight is 430 g/mol. The molecule has 0 saturated heterocycles. The Kier molecular flexibility index (Phi) is 8.30. The first-order valence-electron chi connectivity index (χ1n) is 10.6. The van der Waals surface area contributed by atoms with Crippen molar-refractivity contribution >= 4 is 23.2 Å². The Balaban J connectivity index is 2.65. The Labute approximate surface area is 193 Å². The number of hydrogen-bond acceptors (Lipinski definition) is 5. The minimum atomic E-state index is -0.176. The SMILES string of the molecule is C=C/C(=C\N(C)C)c1cccc(-c2ncc(C(/C=N\C)=C/C(=C)C)c(NC(C)(C)C)n2)c1. The van der Waals surface area contributed by atoms with Gasteiger partial charge in [-0.3, -0.25) is 4.99 Å². The molecule has 1 heterocycles. The highest BCUT2D eigenvalue weighted by Crippen LogP contribution is 2.28. The molecule has 32 heavy (non-hydrogen) atoms. The van der Waals surface area contributed by atoms with Crippen LogP contribution in [0.15, 0.2) is 72.5 Å². The number of aromatic nitrogens is 2. The minimum absolute atomic E-state index is 0.176. The molecule has 0 amide bonds. The van der Waals surface area contributed by atoms with Crippen molar-refractivity contribution in [3.05, 3.63) is 78.7 Å². The average Bonchev–Trinajstić information content (AvgIpc) is 2.70. The van der Waals surface area contributed by atoms with Crippen molar-refractivity contribution in [2.45, 2.75) is 33.2 Å². The molecular formula is C27H35N5. The lowest BCUT2D eigenvalue weighted by atomic mass is 10.0. The van der Waals surface area contributed by atoms with Gasteiger partial charge < -0.3 is 10.2 Å². The zero-order valence-electron chi connectivity index (χ0n) is 20.4. The van der Waals surface area contributed by atoms with Crippen LogP contribution in [-0.2, 0) is 0 Å². The first-order valence-corrected chi connectivity index (χ1v) is 10.6. The molecule has 1 N–H and O–H groups in total. The van der Waals surface area contributed by atoms with Crippen molar-refractivity contribution in [3.63, 3.8) is 0 Å². The molecule has 168 valence electrons. The molecule has 0 aliphatic heterocycles. The number of hydrogen-bond donors (Lipinski definition) is 1. The van der Waals surface area contributed by atoms with E-state index >= 15 is 0 Å². The van der Waals surface area contributed by atoms with Gasteiger partial charge in [-0.25, -0.2) is 9.97 Å². The number of nitrogens with one attached hydrogen (secondary N) is 1. The summed E-state index contributed by atoms with van der Waals surface area (Å²) in [7, 11) is 5.74. The molecule has 0 atom stereocenters. The van der Waals surface area contributed by atoms with E-state index in [0.717, 1.165) is 39.2 Å². The van der Waals surface area contributed by atoms with E-state index in [2.05, 4.69) is 56.4 Å². The van der Waals surface area contributed by atoms with Gasteiger partial charge >= 0.3 is 0 Å². The highest BCUT2D eigenvalue weighted by atomic mass is 15.1. The van der Waals surface area contributed by atoms with Crippen molar-refractivity contribution in [2.75, 3.05) is 26.5 Å². The third-order valence-corrected chi connectivity index (χ3v) is 4.33. The van der Waals surface area contributed by atoms with E-state index in [4.69, 9.17) is 9.97 Å². The molecular weight excluding hydrogens is 394 g/mol. The van der Waals surface area contributed by atoms with E-state index in [0.29, 0.717) is 5.82 Å². The van der Waals surface area contributed by atoms with Crippen LogP contribution in [-0.4, -0.2) is 47.8 Å². The van der Waals surface area contributed by atoms with Gasteiger partial charge in [0.2, 0.25) is 0 Å². The Bertz CT molecular complexity index is 1070.